The highest BCUT2D eigenvalue weighted by Crippen LogP contribution is 2.16. The summed E-state index contributed by atoms with van der Waals surface area (Å²) in [5.41, 5.74) is 0. The molecule has 0 aliphatic heterocycles. The number of nitrogens with zero attached hydrogens (tertiary/aromatic N) is 1. The molecule has 1 nitrogen and oxygen atoms in total. The molecule has 1 heteroatoms. The highest BCUT2D eigenvalue weighted by Gasteiger charge is 2.07. The molecule has 248 valence electrons. The van der Waals surface area contributed by atoms with Crippen LogP contribution in [0.15, 0.2) is 0 Å². The van der Waals surface area contributed by atoms with Crippen molar-refractivity contribution >= 4 is 0 Å². The first-order chi connectivity index (χ1) is 20.2. The molecule has 0 bridgehead atoms. The minimum atomic E-state index is 0.803. The highest BCUT2D eigenvalue weighted by atomic mass is 15.1. The standard InChI is InChI=1S/C40H83N/c1-5-7-9-11-13-15-17-19-21-23-25-27-29-31-33-35-37-41(39-40(3)4)38-36-34-32-30-28-26-24-22-20-18-16-14-12-10-8-6-2/h40H,5-39H2,1-4H3. The Morgan fingerprint density at radius 2 is 0.488 bits per heavy atom. The van der Waals surface area contributed by atoms with E-state index in [-0.39, 0.29) is 0 Å². The van der Waals surface area contributed by atoms with Crippen molar-refractivity contribution in [3.63, 3.8) is 0 Å². The predicted molar refractivity (Wildman–Crippen MR) is 190 cm³/mol. The first kappa shape index (κ1) is 41.0. The van der Waals surface area contributed by atoms with E-state index in [1.165, 1.54) is 225 Å². The van der Waals surface area contributed by atoms with E-state index in [0.29, 0.717) is 0 Å². The zero-order valence-corrected chi connectivity index (χ0v) is 29.8. The zero-order valence-electron chi connectivity index (χ0n) is 29.8. The van der Waals surface area contributed by atoms with Gasteiger partial charge in [0, 0.05) is 6.54 Å². The summed E-state index contributed by atoms with van der Waals surface area (Å²) in [6.07, 6.45) is 46.8. The van der Waals surface area contributed by atoms with Crippen LogP contribution in [0.5, 0.6) is 0 Å². The SMILES string of the molecule is CCCCCCCCCCCCCCCCCCN(CCCCCCCCCCCCCCCCCC)CC(C)C. The van der Waals surface area contributed by atoms with Gasteiger partial charge in [0.05, 0.1) is 0 Å². The Labute approximate surface area is 263 Å². The van der Waals surface area contributed by atoms with Crippen LogP contribution in [-0.4, -0.2) is 24.5 Å². The average Bonchev–Trinajstić information content (AvgIpc) is 2.96. The van der Waals surface area contributed by atoms with Gasteiger partial charge in [-0.3, -0.25) is 0 Å². The molecule has 0 aromatic heterocycles. The summed E-state index contributed by atoms with van der Waals surface area (Å²) in [7, 11) is 0. The molecule has 0 unspecified atom stereocenters. The van der Waals surface area contributed by atoms with Gasteiger partial charge in [0.1, 0.15) is 0 Å². The maximum Gasteiger partial charge on any atom is 0.000438 e. The minimum Gasteiger partial charge on any atom is -0.303 e. The quantitative estimate of drug-likeness (QED) is 0.0669. The number of hydrogen-bond donors (Lipinski definition) is 0. The van der Waals surface area contributed by atoms with E-state index in [1.807, 2.05) is 0 Å². The fourth-order valence-electron chi connectivity index (χ4n) is 6.58. The summed E-state index contributed by atoms with van der Waals surface area (Å²) in [6, 6.07) is 0. The van der Waals surface area contributed by atoms with E-state index in [9.17, 15) is 0 Å². The summed E-state index contributed by atoms with van der Waals surface area (Å²) >= 11 is 0. The highest BCUT2D eigenvalue weighted by molar-refractivity contribution is 4.62. The van der Waals surface area contributed by atoms with E-state index in [4.69, 9.17) is 0 Å². The first-order valence-corrected chi connectivity index (χ1v) is 19.9. The fourth-order valence-corrected chi connectivity index (χ4v) is 6.58. The molecule has 0 aliphatic carbocycles. The van der Waals surface area contributed by atoms with Crippen LogP contribution in [0, 0.1) is 5.92 Å². The molecule has 41 heavy (non-hydrogen) atoms. The third-order valence-corrected chi connectivity index (χ3v) is 9.28. The van der Waals surface area contributed by atoms with E-state index in [0.717, 1.165) is 5.92 Å². The van der Waals surface area contributed by atoms with Gasteiger partial charge in [0.25, 0.3) is 0 Å². The van der Waals surface area contributed by atoms with Crippen LogP contribution in [0.4, 0.5) is 0 Å². The normalized spacial score (nSPS) is 11.9. The number of hydrogen-bond acceptors (Lipinski definition) is 1. The third-order valence-electron chi connectivity index (χ3n) is 9.28. The average molecular weight is 578 g/mol. The van der Waals surface area contributed by atoms with Gasteiger partial charge in [-0.2, -0.15) is 0 Å². The summed E-state index contributed by atoms with van der Waals surface area (Å²) in [4.78, 5) is 2.79. The van der Waals surface area contributed by atoms with Crippen LogP contribution in [0.2, 0.25) is 0 Å². The van der Waals surface area contributed by atoms with Gasteiger partial charge in [0.2, 0.25) is 0 Å². The molecule has 0 saturated carbocycles. The molecule has 0 N–H and O–H groups in total. The van der Waals surface area contributed by atoms with Gasteiger partial charge in [-0.1, -0.05) is 220 Å². The van der Waals surface area contributed by atoms with Crippen molar-refractivity contribution in [1.29, 1.82) is 0 Å². The van der Waals surface area contributed by atoms with Crippen LogP contribution < -0.4 is 0 Å². The second kappa shape index (κ2) is 36.2. The molecule has 0 aromatic rings. The Morgan fingerprint density at radius 1 is 0.293 bits per heavy atom. The molecule has 0 amide bonds. The van der Waals surface area contributed by atoms with Gasteiger partial charge in [-0.25, -0.2) is 0 Å². The maximum absolute atomic E-state index is 2.79. The Balaban J connectivity index is 3.46. The van der Waals surface area contributed by atoms with Crippen LogP contribution in [-0.2, 0) is 0 Å². The van der Waals surface area contributed by atoms with Gasteiger partial charge < -0.3 is 4.90 Å². The lowest BCUT2D eigenvalue weighted by Gasteiger charge is -2.24. The van der Waals surface area contributed by atoms with E-state index in [2.05, 4.69) is 32.6 Å². The molecule has 0 aliphatic rings. The molecule has 0 saturated heterocycles. The second-order valence-corrected chi connectivity index (χ2v) is 14.3. The number of rotatable bonds is 36. The molecule has 0 radical (unpaired) electrons. The molecule has 0 aromatic carbocycles. The lowest BCUT2D eigenvalue weighted by molar-refractivity contribution is 0.233. The second-order valence-electron chi connectivity index (χ2n) is 14.3. The number of unbranched alkanes of at least 4 members (excludes halogenated alkanes) is 30. The zero-order chi connectivity index (χ0) is 29.9. The smallest absolute Gasteiger partial charge is 0.000438 e. The largest absolute Gasteiger partial charge is 0.303 e. The molecule has 0 rings (SSSR count). The Kier molecular flexibility index (Phi) is 36.1. The van der Waals surface area contributed by atoms with E-state index in [1.54, 1.807) is 0 Å². The van der Waals surface area contributed by atoms with Gasteiger partial charge >= 0.3 is 0 Å². The fraction of sp³-hybridized carbons (Fsp3) is 1.00. The lowest BCUT2D eigenvalue weighted by atomic mass is 10.0. The molecule has 0 spiro atoms. The Morgan fingerprint density at radius 3 is 0.683 bits per heavy atom. The van der Waals surface area contributed by atoms with Crippen molar-refractivity contribution in [2.45, 2.75) is 233 Å². The topological polar surface area (TPSA) is 3.24 Å². The summed E-state index contributed by atoms with van der Waals surface area (Å²) < 4.78 is 0. The Hall–Kier alpha value is -0.0400. The van der Waals surface area contributed by atoms with Gasteiger partial charge in [-0.15, -0.1) is 0 Å². The van der Waals surface area contributed by atoms with Crippen molar-refractivity contribution in [2.75, 3.05) is 19.6 Å². The monoisotopic (exact) mass is 578 g/mol. The van der Waals surface area contributed by atoms with Crippen molar-refractivity contribution in [1.82, 2.24) is 4.90 Å². The lowest BCUT2D eigenvalue weighted by Crippen LogP contribution is -2.30. The molecular weight excluding hydrogens is 494 g/mol. The van der Waals surface area contributed by atoms with Crippen molar-refractivity contribution in [3.05, 3.63) is 0 Å². The van der Waals surface area contributed by atoms with Crippen LogP contribution in [0.25, 0.3) is 0 Å². The van der Waals surface area contributed by atoms with Crippen molar-refractivity contribution in [2.24, 2.45) is 5.92 Å². The maximum atomic E-state index is 2.79. The van der Waals surface area contributed by atoms with E-state index < -0.39 is 0 Å². The summed E-state index contributed by atoms with van der Waals surface area (Å²) in [5, 5.41) is 0. The first-order valence-electron chi connectivity index (χ1n) is 19.9. The van der Waals surface area contributed by atoms with Gasteiger partial charge in [0.15, 0.2) is 0 Å². The minimum absolute atomic E-state index is 0.803. The molecule has 0 fully saturated rings. The van der Waals surface area contributed by atoms with Crippen LogP contribution >= 0.6 is 0 Å². The van der Waals surface area contributed by atoms with Crippen LogP contribution in [0.3, 0.4) is 0 Å². The van der Waals surface area contributed by atoms with Gasteiger partial charge in [-0.05, 0) is 31.8 Å². The summed E-state index contributed by atoms with van der Waals surface area (Å²) in [6.45, 7) is 13.4. The molecule has 0 atom stereocenters. The van der Waals surface area contributed by atoms with Crippen molar-refractivity contribution in [3.8, 4) is 0 Å². The third kappa shape index (κ3) is 36.1. The van der Waals surface area contributed by atoms with E-state index >= 15 is 0 Å². The Bertz CT molecular complexity index is 408. The molecule has 0 heterocycles. The van der Waals surface area contributed by atoms with Crippen molar-refractivity contribution < 1.29 is 0 Å². The summed E-state index contributed by atoms with van der Waals surface area (Å²) in [5.74, 6) is 0.803. The predicted octanol–water partition coefficient (Wildman–Crippen LogP) is 14.5. The van der Waals surface area contributed by atoms with Crippen LogP contribution in [0.1, 0.15) is 233 Å². The molecular formula is C40H83N.